The summed E-state index contributed by atoms with van der Waals surface area (Å²) in [6.07, 6.45) is 3.83. The molecule has 0 spiro atoms. The normalized spacial score (nSPS) is 10.6. The van der Waals surface area contributed by atoms with Gasteiger partial charge in [-0.1, -0.05) is 35.7 Å². The van der Waals surface area contributed by atoms with E-state index in [1.807, 2.05) is 49.6 Å². The predicted octanol–water partition coefficient (Wildman–Crippen LogP) is 6.43. The molecule has 5 heteroatoms. The number of imidazole rings is 1. The molecule has 0 fully saturated rings. The molecule has 0 N–H and O–H groups in total. The van der Waals surface area contributed by atoms with Gasteiger partial charge in [-0.05, 0) is 30.1 Å². The van der Waals surface area contributed by atoms with Gasteiger partial charge in [0.25, 0.3) is 0 Å². The molecule has 3 heterocycles. The van der Waals surface area contributed by atoms with Gasteiger partial charge in [0.2, 0.25) is 0 Å². The molecule has 0 saturated heterocycles. The van der Waals surface area contributed by atoms with Crippen molar-refractivity contribution in [3.63, 3.8) is 0 Å². The first kappa shape index (κ1) is 21.8. The molecule has 159 valence electrons. The molecule has 0 saturated carbocycles. The Bertz CT molecular complexity index is 1440. The quantitative estimate of drug-likeness (QED) is 0.162. The van der Waals surface area contributed by atoms with Crippen LogP contribution in [-0.2, 0) is 20.1 Å². The zero-order chi connectivity index (χ0) is 21.2. The molecule has 3 aromatic heterocycles. The van der Waals surface area contributed by atoms with Gasteiger partial charge in [0.1, 0.15) is 0 Å². The van der Waals surface area contributed by atoms with E-state index in [0.717, 1.165) is 28.0 Å². The number of nitrogens with zero attached hydrogens (tertiary/aromatic N) is 3. The maximum absolute atomic E-state index is 12.6. The van der Waals surface area contributed by atoms with Crippen LogP contribution >= 0.6 is 0 Å². The van der Waals surface area contributed by atoms with E-state index in [9.17, 15) is 4.39 Å². The number of pyridine rings is 2. The van der Waals surface area contributed by atoms with Crippen molar-refractivity contribution >= 4 is 27.3 Å². The molecule has 6 rings (SSSR count). The van der Waals surface area contributed by atoms with E-state index in [1.54, 1.807) is 6.07 Å². The molecule has 6 aromatic rings. The maximum atomic E-state index is 12.6. The minimum absolute atomic E-state index is 0. The molecule has 0 amide bonds. The number of hydrogen-bond acceptors (Lipinski definition) is 2. The third-order valence-corrected chi connectivity index (χ3v) is 5.11. The van der Waals surface area contributed by atoms with Crippen molar-refractivity contribution in [1.29, 1.82) is 0 Å². The molecule has 0 atom stereocenters. The van der Waals surface area contributed by atoms with Crippen molar-refractivity contribution in [3.05, 3.63) is 115 Å². The third kappa shape index (κ3) is 4.18. The molecule has 0 bridgehead atoms. The first-order chi connectivity index (χ1) is 15.2. The van der Waals surface area contributed by atoms with E-state index in [4.69, 9.17) is 0 Å². The van der Waals surface area contributed by atoms with Crippen molar-refractivity contribution in [2.45, 2.75) is 6.92 Å². The number of fused-ring (bicyclic) bond motifs is 6. The summed E-state index contributed by atoms with van der Waals surface area (Å²) in [5.74, 6) is -0.276. The van der Waals surface area contributed by atoms with E-state index in [2.05, 4.69) is 56.8 Å². The van der Waals surface area contributed by atoms with Gasteiger partial charge >= 0.3 is 0 Å². The van der Waals surface area contributed by atoms with E-state index in [-0.39, 0.29) is 25.9 Å². The number of rotatable bonds is 1. The molecule has 0 aliphatic heterocycles. The summed E-state index contributed by atoms with van der Waals surface area (Å²) in [6, 6.07) is 30.7. The van der Waals surface area contributed by atoms with Gasteiger partial charge in [-0.15, -0.1) is 59.5 Å². The molecular formula is C27H18FIrN3-2. The Morgan fingerprint density at radius 2 is 1.72 bits per heavy atom. The van der Waals surface area contributed by atoms with Crippen molar-refractivity contribution < 1.29 is 24.5 Å². The Balaban J connectivity index is 0.000000152. The zero-order valence-electron chi connectivity index (χ0n) is 17.2. The second-order valence-corrected chi connectivity index (χ2v) is 7.18. The van der Waals surface area contributed by atoms with Crippen molar-refractivity contribution in [2.24, 2.45) is 0 Å². The second kappa shape index (κ2) is 9.39. The SMILES string of the molecule is Cc1cccc(-c2[c-]cc(F)cc2)n1.[Ir].[c-]1cccc2c1c1nccn1c1ccccc21. The summed E-state index contributed by atoms with van der Waals surface area (Å²) in [5.41, 5.74) is 4.74. The fourth-order valence-corrected chi connectivity index (χ4v) is 3.70. The number of para-hydroxylation sites is 1. The monoisotopic (exact) mass is 596 g/mol. The van der Waals surface area contributed by atoms with Crippen LogP contribution in [0.5, 0.6) is 0 Å². The molecule has 32 heavy (non-hydrogen) atoms. The van der Waals surface area contributed by atoms with Crippen LogP contribution in [0.1, 0.15) is 5.69 Å². The Morgan fingerprint density at radius 3 is 2.53 bits per heavy atom. The van der Waals surface area contributed by atoms with Crippen LogP contribution in [0.3, 0.4) is 0 Å². The Morgan fingerprint density at radius 1 is 0.875 bits per heavy atom. The van der Waals surface area contributed by atoms with E-state index in [0.29, 0.717) is 0 Å². The Hall–Kier alpha value is -3.40. The Kier molecular flexibility index (Phi) is 6.40. The third-order valence-electron chi connectivity index (χ3n) is 5.11. The van der Waals surface area contributed by atoms with Crippen LogP contribution in [0.25, 0.3) is 38.6 Å². The van der Waals surface area contributed by atoms with E-state index in [1.165, 1.54) is 28.4 Å². The first-order valence-electron chi connectivity index (χ1n) is 9.96. The van der Waals surface area contributed by atoms with Crippen molar-refractivity contribution in [1.82, 2.24) is 14.4 Å². The van der Waals surface area contributed by atoms with Crippen molar-refractivity contribution in [2.75, 3.05) is 0 Å². The van der Waals surface area contributed by atoms with Crippen LogP contribution in [0.2, 0.25) is 0 Å². The number of aromatic nitrogens is 3. The van der Waals surface area contributed by atoms with E-state index < -0.39 is 0 Å². The largest absolute Gasteiger partial charge is 0.340 e. The van der Waals surface area contributed by atoms with Gasteiger partial charge < -0.3 is 9.38 Å². The minimum Gasteiger partial charge on any atom is -0.340 e. The van der Waals surface area contributed by atoms with Crippen molar-refractivity contribution in [3.8, 4) is 11.3 Å². The average Bonchev–Trinajstić information content (AvgIpc) is 3.31. The molecule has 3 nitrogen and oxygen atoms in total. The number of aryl methyl sites for hydroxylation is 1. The number of hydrogen-bond donors (Lipinski definition) is 0. The molecule has 0 unspecified atom stereocenters. The smallest absolute Gasteiger partial charge is 0.0608 e. The molecular weight excluding hydrogens is 578 g/mol. The summed E-state index contributed by atoms with van der Waals surface area (Å²) >= 11 is 0. The zero-order valence-corrected chi connectivity index (χ0v) is 19.6. The van der Waals surface area contributed by atoms with Gasteiger partial charge in [-0.2, -0.15) is 0 Å². The van der Waals surface area contributed by atoms with Crippen LogP contribution in [0, 0.1) is 24.9 Å². The maximum Gasteiger partial charge on any atom is 0.0608 e. The van der Waals surface area contributed by atoms with Gasteiger partial charge in [-0.3, -0.25) is 9.37 Å². The minimum atomic E-state index is -0.276. The van der Waals surface area contributed by atoms with Crippen LogP contribution in [0.15, 0.2) is 91.3 Å². The molecule has 3 aromatic carbocycles. The predicted molar refractivity (Wildman–Crippen MR) is 122 cm³/mol. The van der Waals surface area contributed by atoms with Crippen LogP contribution in [-0.4, -0.2) is 14.4 Å². The Labute approximate surface area is 198 Å². The summed E-state index contributed by atoms with van der Waals surface area (Å²) in [7, 11) is 0. The van der Waals surface area contributed by atoms with E-state index >= 15 is 0 Å². The van der Waals surface area contributed by atoms with Crippen LogP contribution < -0.4 is 0 Å². The van der Waals surface area contributed by atoms with Gasteiger partial charge in [-0.25, -0.2) is 0 Å². The fraction of sp³-hybridized carbons (Fsp3) is 0.0370. The van der Waals surface area contributed by atoms with Gasteiger partial charge in [0.05, 0.1) is 5.65 Å². The fourth-order valence-electron chi connectivity index (χ4n) is 3.70. The summed E-state index contributed by atoms with van der Waals surface area (Å²) in [6.45, 7) is 1.92. The molecule has 0 aliphatic rings. The molecule has 0 aliphatic carbocycles. The second-order valence-electron chi connectivity index (χ2n) is 7.18. The first-order valence-corrected chi connectivity index (χ1v) is 9.96. The topological polar surface area (TPSA) is 30.2 Å². The van der Waals surface area contributed by atoms with Gasteiger partial charge in [0.15, 0.2) is 0 Å². The standard InChI is InChI=1S/C15H9N2.C12H9FN.Ir/c1-2-7-13-11(5-1)12-6-3-4-8-14(12)17-10-9-16-15(13)17;1-9-3-2-4-12(14-9)10-5-7-11(13)8-6-10;/h1-6,8-10H;2-5,7-8H,1H3;/q2*-1;. The summed E-state index contributed by atoms with van der Waals surface area (Å²) in [4.78, 5) is 8.75. The van der Waals surface area contributed by atoms with Crippen LogP contribution in [0.4, 0.5) is 4.39 Å². The summed E-state index contributed by atoms with van der Waals surface area (Å²) < 4.78 is 14.7. The average molecular weight is 596 g/mol. The summed E-state index contributed by atoms with van der Waals surface area (Å²) in [5, 5.41) is 3.53. The molecule has 1 radical (unpaired) electrons. The van der Waals surface area contributed by atoms with Gasteiger partial charge in [0, 0.05) is 49.5 Å². The number of benzene rings is 3. The number of halogens is 1.